The van der Waals surface area contributed by atoms with E-state index in [2.05, 4.69) is 0 Å². The summed E-state index contributed by atoms with van der Waals surface area (Å²) in [7, 11) is 0. The van der Waals surface area contributed by atoms with Gasteiger partial charge in [0.25, 0.3) is 0 Å². The van der Waals surface area contributed by atoms with Crippen LogP contribution in [0.3, 0.4) is 0 Å². The second-order valence-corrected chi connectivity index (χ2v) is 8.13. The molecule has 4 heteroatoms. The molecular formula is C27H30F2O2. The van der Waals surface area contributed by atoms with Crippen LogP contribution in [0.5, 0.6) is 11.5 Å². The van der Waals surface area contributed by atoms with E-state index in [4.69, 9.17) is 9.47 Å². The normalized spacial score (nSPS) is 19.5. The van der Waals surface area contributed by atoms with E-state index in [0.717, 1.165) is 11.3 Å². The lowest BCUT2D eigenvalue weighted by molar-refractivity contribution is 0.124. The van der Waals surface area contributed by atoms with Crippen molar-refractivity contribution in [2.24, 2.45) is 5.92 Å². The minimum absolute atomic E-state index is 0.0879. The van der Waals surface area contributed by atoms with E-state index < -0.39 is 5.60 Å². The Bertz CT molecular complexity index is 927. The molecular weight excluding hydrogens is 394 g/mol. The van der Waals surface area contributed by atoms with Gasteiger partial charge in [-0.3, -0.25) is 0 Å². The average molecular weight is 425 g/mol. The van der Waals surface area contributed by atoms with Crippen molar-refractivity contribution in [2.75, 3.05) is 6.61 Å². The van der Waals surface area contributed by atoms with Gasteiger partial charge in [-0.15, -0.1) is 0 Å². The molecule has 1 aliphatic carbocycles. The van der Waals surface area contributed by atoms with Crippen LogP contribution in [0.2, 0.25) is 0 Å². The van der Waals surface area contributed by atoms with Crippen molar-refractivity contribution in [3.8, 4) is 11.5 Å². The molecule has 0 spiro atoms. The summed E-state index contributed by atoms with van der Waals surface area (Å²) in [6, 6.07) is 13.5. The van der Waals surface area contributed by atoms with Gasteiger partial charge in [-0.05, 0) is 67.0 Å². The fourth-order valence-electron chi connectivity index (χ4n) is 3.85. The van der Waals surface area contributed by atoms with Crippen LogP contribution in [-0.4, -0.2) is 12.2 Å². The van der Waals surface area contributed by atoms with Gasteiger partial charge in [0.05, 0.1) is 6.61 Å². The average Bonchev–Trinajstić information content (AvgIpc) is 2.76. The van der Waals surface area contributed by atoms with Crippen LogP contribution in [0.25, 0.3) is 0 Å². The molecule has 0 fully saturated rings. The van der Waals surface area contributed by atoms with Crippen LogP contribution in [-0.2, 0) is 0 Å². The Morgan fingerprint density at radius 3 is 2.29 bits per heavy atom. The van der Waals surface area contributed by atoms with Crippen molar-refractivity contribution in [1.29, 1.82) is 0 Å². The minimum atomic E-state index is -0.704. The maximum absolute atomic E-state index is 15.5. The van der Waals surface area contributed by atoms with Crippen molar-refractivity contribution in [2.45, 2.75) is 45.1 Å². The number of rotatable bonds is 9. The Hall–Kier alpha value is -2.88. The minimum Gasteiger partial charge on any atom is -0.494 e. The molecule has 0 aromatic heterocycles. The molecule has 0 radical (unpaired) electrons. The van der Waals surface area contributed by atoms with Crippen LogP contribution < -0.4 is 9.47 Å². The van der Waals surface area contributed by atoms with Crippen molar-refractivity contribution in [3.63, 3.8) is 0 Å². The molecule has 3 rings (SSSR count). The molecule has 31 heavy (non-hydrogen) atoms. The highest BCUT2D eigenvalue weighted by molar-refractivity contribution is 5.34. The van der Waals surface area contributed by atoms with Gasteiger partial charge >= 0.3 is 0 Å². The molecule has 0 aliphatic heterocycles. The molecule has 1 aliphatic rings. The molecule has 2 aromatic rings. The number of ether oxygens (including phenoxy) is 2. The van der Waals surface area contributed by atoms with E-state index in [1.54, 1.807) is 18.2 Å². The van der Waals surface area contributed by atoms with Gasteiger partial charge < -0.3 is 9.47 Å². The lowest BCUT2D eigenvalue weighted by Crippen LogP contribution is -2.34. The second kappa shape index (κ2) is 10.4. The quantitative estimate of drug-likeness (QED) is 0.414. The molecule has 0 saturated heterocycles. The van der Waals surface area contributed by atoms with Crippen molar-refractivity contribution in [3.05, 3.63) is 96.1 Å². The Morgan fingerprint density at radius 2 is 1.71 bits per heavy atom. The third-order valence-corrected chi connectivity index (χ3v) is 5.40. The van der Waals surface area contributed by atoms with Gasteiger partial charge in [-0.2, -0.15) is 0 Å². The van der Waals surface area contributed by atoms with Gasteiger partial charge in [0.15, 0.2) is 0 Å². The summed E-state index contributed by atoms with van der Waals surface area (Å²) in [5.74, 6) is 0.586. The van der Waals surface area contributed by atoms with E-state index in [9.17, 15) is 4.39 Å². The number of hydrogen-bond donors (Lipinski definition) is 0. The van der Waals surface area contributed by atoms with Crippen LogP contribution in [0.4, 0.5) is 8.78 Å². The Balaban J connectivity index is 1.81. The Labute approximate surface area is 183 Å². The van der Waals surface area contributed by atoms with Crippen molar-refractivity contribution < 1.29 is 18.3 Å². The van der Waals surface area contributed by atoms with E-state index in [0.29, 0.717) is 25.2 Å². The largest absolute Gasteiger partial charge is 0.494 e. The molecule has 0 bridgehead atoms. The van der Waals surface area contributed by atoms with Crippen LogP contribution in [0, 0.1) is 11.7 Å². The lowest BCUT2D eigenvalue weighted by atomic mass is 9.85. The summed E-state index contributed by atoms with van der Waals surface area (Å²) in [6.45, 7) is 6.57. The first-order valence-electron chi connectivity index (χ1n) is 10.8. The van der Waals surface area contributed by atoms with Gasteiger partial charge in [0.2, 0.25) is 0 Å². The summed E-state index contributed by atoms with van der Waals surface area (Å²) in [6.07, 6.45) is 10.4. The number of allylic oxidation sites excluding steroid dienone is 3. The van der Waals surface area contributed by atoms with Crippen LogP contribution in [0.15, 0.2) is 84.7 Å². The topological polar surface area (TPSA) is 18.5 Å². The zero-order chi connectivity index (χ0) is 22.3. The highest BCUT2D eigenvalue weighted by atomic mass is 19.1. The fraction of sp³-hybridized carbons (Fsp3) is 0.333. The fourth-order valence-corrected chi connectivity index (χ4v) is 3.85. The molecule has 2 unspecified atom stereocenters. The monoisotopic (exact) mass is 424 g/mol. The molecule has 0 N–H and O–H groups in total. The molecule has 2 aromatic carbocycles. The first-order chi connectivity index (χ1) is 14.9. The third-order valence-electron chi connectivity index (χ3n) is 5.40. The molecule has 0 saturated carbocycles. The van der Waals surface area contributed by atoms with Crippen LogP contribution in [0.1, 0.15) is 45.1 Å². The SMILES string of the molecule is CCOc1ccc(C(C(F)=CCC2(Oc3ccc(F)cc3)C=CC=CC2)C(C)C)cc1. The number of benzene rings is 2. The van der Waals surface area contributed by atoms with Gasteiger partial charge in [0, 0.05) is 18.8 Å². The first kappa shape index (κ1) is 22.8. The first-order valence-corrected chi connectivity index (χ1v) is 10.8. The maximum Gasteiger partial charge on any atom is 0.134 e. The number of hydrogen-bond acceptors (Lipinski definition) is 2. The molecule has 0 amide bonds. The van der Waals surface area contributed by atoms with Gasteiger partial charge in [0.1, 0.15) is 28.7 Å². The molecule has 2 atom stereocenters. The zero-order valence-electron chi connectivity index (χ0n) is 18.4. The third kappa shape index (κ3) is 6.06. The summed E-state index contributed by atoms with van der Waals surface area (Å²) in [5.41, 5.74) is 0.212. The van der Waals surface area contributed by atoms with Crippen LogP contribution >= 0.6 is 0 Å². The summed E-state index contributed by atoms with van der Waals surface area (Å²) >= 11 is 0. The van der Waals surface area contributed by atoms with E-state index in [1.807, 2.05) is 69.3 Å². The standard InChI is InChI=1S/C27H30F2O2/c1-4-30-23-12-8-21(9-13-23)26(20(2)3)25(29)16-19-27(17-6-5-7-18-27)31-24-14-10-22(28)11-15-24/h5-17,20,26H,4,18-19H2,1-3H3. The molecule has 0 heterocycles. The highest BCUT2D eigenvalue weighted by Gasteiger charge is 2.30. The van der Waals surface area contributed by atoms with E-state index >= 15 is 4.39 Å². The Kier molecular flexibility index (Phi) is 7.67. The Morgan fingerprint density at radius 1 is 1.03 bits per heavy atom. The lowest BCUT2D eigenvalue weighted by Gasteiger charge is -2.32. The molecule has 2 nitrogen and oxygen atoms in total. The smallest absolute Gasteiger partial charge is 0.134 e. The second-order valence-electron chi connectivity index (χ2n) is 8.13. The van der Waals surface area contributed by atoms with Gasteiger partial charge in [-0.1, -0.05) is 44.2 Å². The number of halogens is 2. The van der Waals surface area contributed by atoms with E-state index in [1.165, 1.54) is 12.1 Å². The van der Waals surface area contributed by atoms with Crippen molar-refractivity contribution >= 4 is 0 Å². The zero-order valence-corrected chi connectivity index (χ0v) is 18.4. The van der Waals surface area contributed by atoms with Gasteiger partial charge in [-0.25, -0.2) is 8.78 Å². The molecule has 164 valence electrons. The predicted octanol–water partition coefficient (Wildman–Crippen LogP) is 7.54. The van der Waals surface area contributed by atoms with Crippen molar-refractivity contribution in [1.82, 2.24) is 0 Å². The highest BCUT2D eigenvalue weighted by Crippen LogP contribution is 2.36. The van der Waals surface area contributed by atoms with E-state index in [-0.39, 0.29) is 23.5 Å². The summed E-state index contributed by atoms with van der Waals surface area (Å²) in [5, 5.41) is 0. The maximum atomic E-state index is 15.5. The summed E-state index contributed by atoms with van der Waals surface area (Å²) < 4.78 is 40.4. The predicted molar refractivity (Wildman–Crippen MR) is 122 cm³/mol. The summed E-state index contributed by atoms with van der Waals surface area (Å²) in [4.78, 5) is 0.